The number of methoxy groups -OCH3 is 2. The van der Waals surface area contributed by atoms with Gasteiger partial charge in [-0.25, -0.2) is 5.06 Å². The molecule has 1 aliphatic carbocycles. The molecule has 0 bridgehead atoms. The molecular weight excluding hydrogens is 1130 g/mol. The number of likely N-dealkylation sites (tertiary alicyclic amines) is 1. The molecular formula is C67H105N7O14. The Hall–Kier alpha value is -5.58. The van der Waals surface area contributed by atoms with Crippen molar-refractivity contribution in [1.29, 1.82) is 0 Å². The summed E-state index contributed by atoms with van der Waals surface area (Å²) in [6.45, 7) is 17.5. The summed E-state index contributed by atoms with van der Waals surface area (Å²) >= 11 is 0. The Balaban J connectivity index is 1.11. The van der Waals surface area contributed by atoms with Gasteiger partial charge in [0.25, 0.3) is 17.7 Å². The number of nitrogens with zero attached hydrogens (tertiary/aromatic N) is 5. The minimum Gasteiger partial charge on any atom is -0.461 e. The molecule has 492 valence electrons. The second-order valence-corrected chi connectivity index (χ2v) is 25.9. The first-order chi connectivity index (χ1) is 41.8. The van der Waals surface area contributed by atoms with Gasteiger partial charge in [0.1, 0.15) is 23.7 Å². The van der Waals surface area contributed by atoms with Gasteiger partial charge < -0.3 is 35.1 Å². The number of imide groups is 1. The van der Waals surface area contributed by atoms with Gasteiger partial charge in [0.15, 0.2) is 11.6 Å². The number of unbranched alkanes of at least 4 members (excludes halogenated alkanes) is 2. The number of ketones is 4. The maximum Gasteiger partial charge on any atom is 0.306 e. The third-order valence-electron chi connectivity index (χ3n) is 19.0. The molecule has 0 spiro atoms. The minimum absolute atomic E-state index is 0.0120. The SMILES string of the molecule is CC[C@H](C)[C@@H]([C@@H](CC(=O)N1CCC[C@H]1[C@H](OC)[C@@H](C)C(=O)C[C@@]1(C(=O)N2CCCCO2)C[C@@H]1c1ccccc1)OC)N(C)C(=O)[C@@H](CC(=O)[C@H](C(C)C)N(C)CCCC(=O)O[C@H](C)[C@H](N)C(=O)CNCCC(=O)CCCCCN1C(=O)C=CC1=O)C(C)C. The van der Waals surface area contributed by atoms with Gasteiger partial charge in [-0.15, -0.1) is 0 Å². The Bertz CT molecular complexity index is 2540. The molecule has 21 heteroatoms. The number of likely N-dealkylation sites (N-methyl/N-ethyl adjacent to an activating group) is 2. The Kier molecular flexibility index (Phi) is 29.2. The number of hydrogen-bond donors (Lipinski definition) is 2. The van der Waals surface area contributed by atoms with Gasteiger partial charge in [0.2, 0.25) is 11.8 Å². The number of rotatable bonds is 40. The summed E-state index contributed by atoms with van der Waals surface area (Å²) in [7, 11) is 6.67. The number of hydrogen-bond acceptors (Lipinski definition) is 17. The molecule has 0 radical (unpaired) electrons. The fourth-order valence-electron chi connectivity index (χ4n) is 13.4. The number of amides is 5. The van der Waals surface area contributed by atoms with Crippen LogP contribution < -0.4 is 11.1 Å². The van der Waals surface area contributed by atoms with Gasteiger partial charge >= 0.3 is 5.97 Å². The van der Waals surface area contributed by atoms with Gasteiger partial charge in [-0.2, -0.15) is 0 Å². The van der Waals surface area contributed by atoms with Crippen LogP contribution in [0.15, 0.2) is 42.5 Å². The van der Waals surface area contributed by atoms with Crippen LogP contribution >= 0.6 is 0 Å². The number of ether oxygens (including phenoxy) is 3. The van der Waals surface area contributed by atoms with E-state index in [0.29, 0.717) is 90.6 Å². The van der Waals surface area contributed by atoms with Crippen LogP contribution in [0.25, 0.3) is 0 Å². The first kappa shape index (κ1) is 73.2. The minimum atomic E-state index is -1.09. The van der Waals surface area contributed by atoms with Crippen LogP contribution in [0.5, 0.6) is 0 Å². The molecule has 21 nitrogen and oxygen atoms in total. The standard InChI is InChI=1S/C67H105N7O14/c1-13-45(6)63(56(85-11)39-59(81)72-35-22-27-52(72)64(86-12)46(7)54(77)41-67(66(84)74-36-20-21-37-87-74)40-51(67)48-24-16-14-17-25-48)71(10)65(83)50(43(2)3)38-53(76)62(44(4)5)70(9)33-23-28-60(82)88-47(8)61(68)55(78)42-69-32-31-49(75)26-18-15-19-34-73-57(79)29-30-58(73)80/h14,16-17,24-25,29-30,43-47,50-52,56,61-64,69H,13,15,18-23,26-28,31-42,68H2,1-12H3/t45-,46-,47+,50-,51+,52-,56+,61-,62-,63-,64+,67-/m0/s1. The van der Waals surface area contributed by atoms with Crippen molar-refractivity contribution in [3.63, 3.8) is 0 Å². The van der Waals surface area contributed by atoms with Crippen molar-refractivity contribution in [2.24, 2.45) is 40.7 Å². The molecule has 0 aromatic heterocycles. The summed E-state index contributed by atoms with van der Waals surface area (Å²) in [5.41, 5.74) is 6.27. The lowest BCUT2D eigenvalue weighted by molar-refractivity contribution is -0.203. The highest BCUT2D eigenvalue weighted by atomic mass is 16.7. The number of Topliss-reactive ketones (excluding diaryl/α,β-unsaturated/α-hetero) is 4. The molecule has 5 amide bonds. The van der Waals surface area contributed by atoms with Crippen molar-refractivity contribution in [2.75, 3.05) is 74.2 Å². The van der Waals surface area contributed by atoms with E-state index in [2.05, 4.69) is 5.32 Å². The normalized spacial score (nSPS) is 21.7. The fourth-order valence-corrected chi connectivity index (χ4v) is 13.4. The molecule has 4 aliphatic rings. The number of esters is 1. The molecule has 12 atom stereocenters. The van der Waals surface area contributed by atoms with Crippen molar-refractivity contribution in [2.45, 2.75) is 207 Å². The molecule has 3 fully saturated rings. The van der Waals surface area contributed by atoms with Gasteiger partial charge in [-0.3, -0.25) is 62.6 Å². The van der Waals surface area contributed by atoms with E-state index in [1.165, 1.54) is 22.1 Å². The zero-order valence-electron chi connectivity index (χ0n) is 54.8. The first-order valence-electron chi connectivity index (χ1n) is 32.4. The average Bonchev–Trinajstić information content (AvgIpc) is 2.01. The third kappa shape index (κ3) is 19.7. The van der Waals surface area contributed by atoms with Crippen molar-refractivity contribution >= 4 is 58.6 Å². The van der Waals surface area contributed by atoms with E-state index in [1.54, 1.807) is 38.0 Å². The first-order valence-corrected chi connectivity index (χ1v) is 32.4. The van der Waals surface area contributed by atoms with Crippen LogP contribution in [0, 0.1) is 35.0 Å². The predicted octanol–water partition coefficient (Wildman–Crippen LogP) is 6.42. The Morgan fingerprint density at radius 3 is 2.10 bits per heavy atom. The second-order valence-electron chi connectivity index (χ2n) is 25.9. The van der Waals surface area contributed by atoms with Crippen LogP contribution in [0.2, 0.25) is 0 Å². The molecule has 3 heterocycles. The number of nitrogens with one attached hydrogen (secondary N) is 1. The lowest BCUT2D eigenvalue weighted by Crippen LogP contribution is -2.54. The lowest BCUT2D eigenvalue weighted by Gasteiger charge is -2.41. The number of hydroxylamine groups is 2. The van der Waals surface area contributed by atoms with E-state index in [-0.39, 0.29) is 122 Å². The predicted molar refractivity (Wildman–Crippen MR) is 333 cm³/mol. The van der Waals surface area contributed by atoms with Crippen molar-refractivity contribution in [3.05, 3.63) is 48.0 Å². The van der Waals surface area contributed by atoms with E-state index in [9.17, 15) is 47.9 Å². The molecule has 0 unspecified atom stereocenters. The molecule has 1 saturated carbocycles. The quantitative estimate of drug-likeness (QED) is 0.0408. The summed E-state index contributed by atoms with van der Waals surface area (Å²) in [4.78, 5) is 147. The highest BCUT2D eigenvalue weighted by Crippen LogP contribution is 2.63. The van der Waals surface area contributed by atoms with Crippen molar-refractivity contribution in [3.8, 4) is 0 Å². The van der Waals surface area contributed by atoms with Gasteiger partial charge in [0.05, 0.1) is 55.3 Å². The molecule has 5 rings (SSSR count). The van der Waals surface area contributed by atoms with Gasteiger partial charge in [-0.1, -0.05) is 91.6 Å². The van der Waals surface area contributed by atoms with Crippen LogP contribution in [0.1, 0.15) is 170 Å². The summed E-state index contributed by atoms with van der Waals surface area (Å²) < 4.78 is 17.9. The van der Waals surface area contributed by atoms with E-state index < -0.39 is 65.7 Å². The Morgan fingerprint density at radius 2 is 1.49 bits per heavy atom. The molecule has 88 heavy (non-hydrogen) atoms. The third-order valence-corrected chi connectivity index (χ3v) is 19.0. The lowest BCUT2D eigenvalue weighted by atomic mass is 9.83. The Labute approximate surface area is 523 Å². The van der Waals surface area contributed by atoms with Gasteiger partial charge in [0, 0.05) is 104 Å². The van der Waals surface area contributed by atoms with E-state index in [1.807, 2.05) is 90.7 Å². The van der Waals surface area contributed by atoms with Crippen LogP contribution in [-0.4, -0.2) is 200 Å². The van der Waals surface area contributed by atoms with Crippen LogP contribution in [0.3, 0.4) is 0 Å². The van der Waals surface area contributed by atoms with Crippen molar-refractivity contribution < 1.29 is 67.0 Å². The van der Waals surface area contributed by atoms with E-state index in [0.717, 1.165) is 18.4 Å². The largest absolute Gasteiger partial charge is 0.461 e. The monoisotopic (exact) mass is 1230 g/mol. The molecule has 3 N–H and O–H groups in total. The van der Waals surface area contributed by atoms with E-state index >= 15 is 0 Å². The highest BCUT2D eigenvalue weighted by molar-refractivity contribution is 6.12. The number of carbonyl (C=O) groups is 10. The summed E-state index contributed by atoms with van der Waals surface area (Å²) in [5, 5.41) is 4.41. The second kappa shape index (κ2) is 35.1. The van der Waals surface area contributed by atoms with Gasteiger partial charge in [-0.05, 0) is 101 Å². The van der Waals surface area contributed by atoms with Crippen LogP contribution in [-0.2, 0) is 67.0 Å². The average molecular weight is 1230 g/mol. The van der Waals surface area contributed by atoms with Crippen LogP contribution in [0.4, 0.5) is 0 Å². The summed E-state index contributed by atoms with van der Waals surface area (Å²) in [6, 6.07) is 7.24. The molecule has 3 aliphatic heterocycles. The smallest absolute Gasteiger partial charge is 0.306 e. The Morgan fingerprint density at radius 1 is 0.795 bits per heavy atom. The maximum atomic E-state index is 14.9. The molecule has 1 aromatic carbocycles. The summed E-state index contributed by atoms with van der Waals surface area (Å²) in [6.07, 6.45) is 7.34. The number of carbonyl (C=O) groups excluding carboxylic acids is 10. The zero-order chi connectivity index (χ0) is 65.0. The topological polar surface area (TPSA) is 262 Å². The molecule has 1 aromatic rings. The fraction of sp³-hybridized carbons (Fsp3) is 0.731. The highest BCUT2D eigenvalue weighted by Gasteiger charge is 2.63. The maximum absolute atomic E-state index is 14.9. The molecule has 2 saturated heterocycles. The number of nitrogens with two attached hydrogens (primary N) is 1. The zero-order valence-corrected chi connectivity index (χ0v) is 54.8. The summed E-state index contributed by atoms with van der Waals surface area (Å²) in [5.74, 6) is -4.19. The van der Waals surface area contributed by atoms with E-state index in [4.69, 9.17) is 24.8 Å². The number of benzene rings is 1. The van der Waals surface area contributed by atoms with Crippen molar-refractivity contribution in [1.82, 2.24) is 30.0 Å².